The van der Waals surface area contributed by atoms with Gasteiger partial charge in [0, 0.05) is 30.5 Å². The summed E-state index contributed by atoms with van der Waals surface area (Å²) < 4.78 is 0. The van der Waals surface area contributed by atoms with Crippen LogP contribution in [0.25, 0.3) is 0 Å². The lowest BCUT2D eigenvalue weighted by molar-refractivity contribution is 0.874. The van der Waals surface area contributed by atoms with Crippen molar-refractivity contribution in [3.05, 3.63) is 29.8 Å². The minimum Gasteiger partial charge on any atom is -0.369 e. The Morgan fingerprint density at radius 3 is 2.16 bits per heavy atom. The van der Waals surface area contributed by atoms with Crippen molar-refractivity contribution in [2.45, 2.75) is 0 Å². The fourth-order valence-corrected chi connectivity index (χ4v) is 1.92. The van der Waals surface area contributed by atoms with E-state index in [-0.39, 0.29) is 5.96 Å². The van der Waals surface area contributed by atoms with Crippen LogP contribution < -0.4 is 16.4 Å². The highest BCUT2D eigenvalue weighted by Gasteiger charge is 2.04. The number of alkyl halides is 2. The van der Waals surface area contributed by atoms with Crippen LogP contribution in [0.3, 0.4) is 0 Å². The molecule has 0 heterocycles. The van der Waals surface area contributed by atoms with Gasteiger partial charge in [-0.25, -0.2) is 0 Å². The van der Waals surface area contributed by atoms with Gasteiger partial charge in [0.25, 0.3) is 0 Å². The van der Waals surface area contributed by atoms with Gasteiger partial charge in [0.15, 0.2) is 0 Å². The first-order valence-electron chi connectivity index (χ1n) is 5.76. The molecule has 0 aliphatic carbocycles. The van der Waals surface area contributed by atoms with Crippen molar-refractivity contribution in [1.29, 1.82) is 0 Å². The van der Waals surface area contributed by atoms with Crippen LogP contribution in [0.1, 0.15) is 5.56 Å². The maximum absolute atomic E-state index is 5.77. The molecule has 1 rings (SSSR count). The van der Waals surface area contributed by atoms with Gasteiger partial charge in [-0.15, -0.1) is 28.3 Å². The minimum atomic E-state index is -0.0664. The largest absolute Gasteiger partial charge is 0.369 e. The number of nitrogens with two attached hydrogens (primary N) is 2. The van der Waals surface area contributed by atoms with Crippen LogP contribution in [0, 0.1) is 0 Å². The zero-order valence-corrected chi connectivity index (χ0v) is 12.0. The Morgan fingerprint density at radius 1 is 1.11 bits per heavy atom. The molecule has 1 aromatic rings. The van der Waals surface area contributed by atoms with Gasteiger partial charge in [-0.05, 0) is 17.7 Å². The maximum atomic E-state index is 5.77. The average Bonchev–Trinajstić information content (AvgIpc) is 2.39. The van der Waals surface area contributed by atoms with Crippen molar-refractivity contribution in [3.63, 3.8) is 0 Å². The molecule has 0 fully saturated rings. The number of halogens is 2. The molecule has 0 aliphatic heterocycles. The molecule has 0 bridgehead atoms. The van der Waals surface area contributed by atoms with Gasteiger partial charge < -0.3 is 16.4 Å². The van der Waals surface area contributed by atoms with Crippen LogP contribution in [0.5, 0.6) is 0 Å². The van der Waals surface area contributed by atoms with Gasteiger partial charge in [0.2, 0.25) is 5.96 Å². The third kappa shape index (κ3) is 5.81. The summed E-state index contributed by atoms with van der Waals surface area (Å²) in [6.07, 6.45) is 1.58. The fraction of sp³-hybridized carbons (Fsp3) is 0.333. The molecular weight excluding hydrogens is 285 g/mol. The third-order valence-corrected chi connectivity index (χ3v) is 2.69. The van der Waals surface area contributed by atoms with Crippen LogP contribution in [0.2, 0.25) is 0 Å². The monoisotopic (exact) mass is 301 g/mol. The fourth-order valence-electron chi connectivity index (χ4n) is 1.51. The second-order valence-corrected chi connectivity index (χ2v) is 4.48. The molecule has 5 nitrogen and oxygen atoms in total. The van der Waals surface area contributed by atoms with E-state index in [4.69, 9.17) is 34.7 Å². The van der Waals surface area contributed by atoms with Gasteiger partial charge in [-0.1, -0.05) is 12.1 Å². The molecule has 0 amide bonds. The Balaban J connectivity index is 2.74. The van der Waals surface area contributed by atoms with E-state index in [1.165, 1.54) is 0 Å². The van der Waals surface area contributed by atoms with Gasteiger partial charge >= 0.3 is 0 Å². The first-order valence-corrected chi connectivity index (χ1v) is 6.83. The lowest BCUT2D eigenvalue weighted by Gasteiger charge is -2.22. The summed E-state index contributed by atoms with van der Waals surface area (Å²) in [5.74, 6) is 1.05. The van der Waals surface area contributed by atoms with E-state index < -0.39 is 0 Å². The second kappa shape index (κ2) is 8.61. The number of hydrogen-bond donors (Lipinski definition) is 2. The average molecular weight is 302 g/mol. The Bertz CT molecular complexity index is 420. The maximum Gasteiger partial charge on any atom is 0.211 e. The zero-order chi connectivity index (χ0) is 14.1. The highest BCUT2D eigenvalue weighted by Crippen LogP contribution is 2.14. The highest BCUT2D eigenvalue weighted by atomic mass is 35.5. The van der Waals surface area contributed by atoms with E-state index >= 15 is 0 Å². The smallest absolute Gasteiger partial charge is 0.211 e. The number of rotatable bonds is 7. The predicted octanol–water partition coefficient (Wildman–Crippen LogP) is 1.58. The summed E-state index contributed by atoms with van der Waals surface area (Å²) >= 11 is 11.5. The molecule has 19 heavy (non-hydrogen) atoms. The molecule has 4 N–H and O–H groups in total. The van der Waals surface area contributed by atoms with Crippen LogP contribution in [-0.4, -0.2) is 37.0 Å². The topological polar surface area (TPSA) is 80.0 Å². The van der Waals surface area contributed by atoms with E-state index in [1.54, 1.807) is 6.21 Å². The van der Waals surface area contributed by atoms with Gasteiger partial charge in [0.05, 0.1) is 6.21 Å². The van der Waals surface area contributed by atoms with Crippen LogP contribution in [-0.2, 0) is 0 Å². The molecule has 7 heteroatoms. The Labute approximate surface area is 122 Å². The lowest BCUT2D eigenvalue weighted by atomic mass is 10.2. The van der Waals surface area contributed by atoms with Crippen molar-refractivity contribution < 1.29 is 0 Å². The summed E-state index contributed by atoms with van der Waals surface area (Å²) in [6, 6.07) is 7.82. The molecule has 0 aliphatic rings. The number of guanidine groups is 1. The molecule has 0 spiro atoms. The number of anilines is 1. The van der Waals surface area contributed by atoms with Crippen LogP contribution >= 0.6 is 23.2 Å². The Hall–Kier alpha value is -1.46. The van der Waals surface area contributed by atoms with Crippen molar-refractivity contribution in [2.24, 2.45) is 21.7 Å². The van der Waals surface area contributed by atoms with E-state index in [0.29, 0.717) is 11.8 Å². The minimum absolute atomic E-state index is 0.0664. The zero-order valence-electron chi connectivity index (χ0n) is 10.5. The van der Waals surface area contributed by atoms with E-state index in [0.717, 1.165) is 24.3 Å². The molecule has 104 valence electrons. The molecule has 0 unspecified atom stereocenters. The summed E-state index contributed by atoms with van der Waals surface area (Å²) in [5.41, 5.74) is 12.3. The molecular formula is C12H17Cl2N5. The molecule has 0 saturated heterocycles. The third-order valence-electron chi connectivity index (χ3n) is 2.35. The van der Waals surface area contributed by atoms with Crippen molar-refractivity contribution >= 4 is 41.1 Å². The Kier molecular flexibility index (Phi) is 7.07. The first-order chi connectivity index (χ1) is 9.17. The highest BCUT2D eigenvalue weighted by molar-refractivity contribution is 6.18. The summed E-state index contributed by atoms with van der Waals surface area (Å²) in [6.45, 7) is 1.52. The van der Waals surface area contributed by atoms with Crippen molar-refractivity contribution in [1.82, 2.24) is 0 Å². The normalized spacial score (nSPS) is 10.6. The quantitative estimate of drug-likeness (QED) is 0.347. The number of hydrogen-bond acceptors (Lipinski definition) is 3. The second-order valence-electron chi connectivity index (χ2n) is 3.73. The van der Waals surface area contributed by atoms with E-state index in [9.17, 15) is 0 Å². The summed E-state index contributed by atoms with van der Waals surface area (Å²) in [5, 5.41) is 7.28. The van der Waals surface area contributed by atoms with E-state index in [2.05, 4.69) is 15.1 Å². The Morgan fingerprint density at radius 2 is 1.68 bits per heavy atom. The predicted molar refractivity (Wildman–Crippen MR) is 83.5 cm³/mol. The van der Waals surface area contributed by atoms with Crippen molar-refractivity contribution in [3.8, 4) is 0 Å². The molecule has 0 atom stereocenters. The number of nitrogens with zero attached hydrogens (tertiary/aromatic N) is 3. The van der Waals surface area contributed by atoms with Crippen molar-refractivity contribution in [2.75, 3.05) is 29.7 Å². The van der Waals surface area contributed by atoms with E-state index in [1.807, 2.05) is 24.3 Å². The summed E-state index contributed by atoms with van der Waals surface area (Å²) in [7, 11) is 0. The van der Waals surface area contributed by atoms with Gasteiger partial charge in [0.1, 0.15) is 0 Å². The van der Waals surface area contributed by atoms with Crippen LogP contribution in [0.15, 0.2) is 34.5 Å². The van der Waals surface area contributed by atoms with Crippen LogP contribution in [0.4, 0.5) is 5.69 Å². The molecule has 0 saturated carbocycles. The van der Waals surface area contributed by atoms with Gasteiger partial charge in [-0.2, -0.15) is 5.10 Å². The molecule has 0 aromatic heterocycles. The number of benzene rings is 1. The molecule has 1 aromatic carbocycles. The molecule has 0 radical (unpaired) electrons. The standard InChI is InChI=1S/C12H17Cl2N5/c13-5-7-19(8-6-14)11-3-1-10(2-4-11)9-17-18-12(15)16/h1-4,9H,5-8H2,(H4,15,16,18)/b17-9-. The SMILES string of the molecule is NC(N)=N/N=C\c1ccc(N(CCCl)CCCl)cc1. The van der Waals surface area contributed by atoms with Gasteiger partial charge in [-0.3, -0.25) is 0 Å². The lowest BCUT2D eigenvalue weighted by Crippen LogP contribution is -2.27. The summed E-state index contributed by atoms with van der Waals surface area (Å²) in [4.78, 5) is 2.12. The first kappa shape index (κ1) is 15.6.